The van der Waals surface area contributed by atoms with Crippen LogP contribution < -0.4 is 5.32 Å². The fraction of sp³-hybridized carbons (Fsp3) is 0.786. The second kappa shape index (κ2) is 36.1. The molecule has 0 aromatic carbocycles. The van der Waals surface area contributed by atoms with Gasteiger partial charge in [0.05, 0.1) is 17.9 Å². The molecule has 6 nitrogen and oxygen atoms in total. The second-order valence-corrected chi connectivity index (χ2v) is 15.4. The standard InChI is InChI=1S/C42H77NO5S/c1-3-5-7-9-11-13-15-17-18-19-20-21-22-23-24-26-27-29-31-33-35-37-41(44)40(39-49(46,47)48)43-42(45)38-36-34-32-30-28-25-16-14-12-10-8-6-4-2/h8,10,14,16,27,29,35,37,40-41,44H,3-7,9,11-13,15,17-26,28,30-34,36,38-39H2,1-2H3,(H,43,45)(H,46,47,48)/b10-8-,16-14-,29-27+,37-35+. The van der Waals surface area contributed by atoms with Gasteiger partial charge in [-0.3, -0.25) is 9.35 Å². The van der Waals surface area contributed by atoms with E-state index in [0.29, 0.717) is 12.8 Å². The lowest BCUT2D eigenvalue weighted by Gasteiger charge is -2.21. The minimum absolute atomic E-state index is 0.270. The molecule has 0 aliphatic heterocycles. The highest BCUT2D eigenvalue weighted by atomic mass is 32.2. The van der Waals surface area contributed by atoms with Crippen LogP contribution in [0.2, 0.25) is 0 Å². The molecule has 0 heterocycles. The molecule has 0 radical (unpaired) electrons. The fourth-order valence-electron chi connectivity index (χ4n) is 5.91. The van der Waals surface area contributed by atoms with Crippen LogP contribution in [0.3, 0.4) is 0 Å². The summed E-state index contributed by atoms with van der Waals surface area (Å²) < 4.78 is 32.4. The van der Waals surface area contributed by atoms with E-state index in [1.807, 2.05) is 6.08 Å². The maximum Gasteiger partial charge on any atom is 0.267 e. The van der Waals surface area contributed by atoms with Gasteiger partial charge in [0.1, 0.15) is 0 Å². The number of allylic oxidation sites excluding steroid dienone is 7. The van der Waals surface area contributed by atoms with Gasteiger partial charge in [0, 0.05) is 6.42 Å². The lowest BCUT2D eigenvalue weighted by atomic mass is 10.0. The summed E-state index contributed by atoms with van der Waals surface area (Å²) in [5, 5.41) is 13.2. The van der Waals surface area contributed by atoms with Crippen LogP contribution in [-0.4, -0.2) is 41.9 Å². The number of amides is 1. The van der Waals surface area contributed by atoms with Crippen molar-refractivity contribution in [3.05, 3.63) is 48.6 Å². The van der Waals surface area contributed by atoms with E-state index >= 15 is 0 Å². The van der Waals surface area contributed by atoms with Crippen LogP contribution >= 0.6 is 0 Å². The molecular formula is C42H77NO5S. The summed E-state index contributed by atoms with van der Waals surface area (Å²) in [6, 6.07) is -1.08. The topological polar surface area (TPSA) is 104 Å². The Morgan fingerprint density at radius 2 is 0.980 bits per heavy atom. The largest absolute Gasteiger partial charge is 0.387 e. The van der Waals surface area contributed by atoms with Gasteiger partial charge >= 0.3 is 0 Å². The molecule has 7 heteroatoms. The molecule has 3 N–H and O–H groups in total. The molecule has 1 amide bonds. The predicted molar refractivity (Wildman–Crippen MR) is 212 cm³/mol. The number of aliphatic hydroxyl groups excluding tert-OH is 1. The smallest absolute Gasteiger partial charge is 0.267 e. The maximum absolute atomic E-state index is 12.5. The molecule has 2 atom stereocenters. The summed E-state index contributed by atoms with van der Waals surface area (Å²) in [4.78, 5) is 12.5. The highest BCUT2D eigenvalue weighted by Gasteiger charge is 2.24. The second-order valence-electron chi connectivity index (χ2n) is 13.9. The lowest BCUT2D eigenvalue weighted by molar-refractivity contribution is -0.122. The third kappa shape index (κ3) is 37.4. The fourth-order valence-corrected chi connectivity index (χ4v) is 6.65. The average Bonchev–Trinajstić information content (AvgIpc) is 3.06. The first kappa shape index (κ1) is 47.3. The summed E-state index contributed by atoms with van der Waals surface area (Å²) in [6.45, 7) is 4.45. The summed E-state index contributed by atoms with van der Waals surface area (Å²) in [7, 11) is -4.36. The normalized spacial score (nSPS) is 13.8. The number of hydrogen-bond acceptors (Lipinski definition) is 4. The van der Waals surface area contributed by atoms with E-state index in [1.165, 1.54) is 109 Å². The maximum atomic E-state index is 12.5. The van der Waals surface area contributed by atoms with Gasteiger partial charge in [-0.05, 0) is 57.8 Å². The molecule has 0 aromatic rings. The number of hydrogen-bond donors (Lipinski definition) is 3. The molecule has 0 saturated carbocycles. The Labute approximate surface area is 303 Å². The summed E-state index contributed by atoms with van der Waals surface area (Å²) in [6.07, 6.45) is 48.2. The van der Waals surface area contributed by atoms with Gasteiger partial charge < -0.3 is 10.4 Å². The Morgan fingerprint density at radius 1 is 0.551 bits per heavy atom. The van der Waals surface area contributed by atoms with Crippen LogP contribution in [0.25, 0.3) is 0 Å². The lowest BCUT2D eigenvalue weighted by Crippen LogP contribution is -2.46. The Morgan fingerprint density at radius 3 is 1.49 bits per heavy atom. The number of carbonyl (C=O) groups is 1. The van der Waals surface area contributed by atoms with Crippen molar-refractivity contribution in [3.63, 3.8) is 0 Å². The Kier molecular flexibility index (Phi) is 34.9. The molecular weight excluding hydrogens is 631 g/mol. The molecule has 0 aliphatic carbocycles. The number of unbranched alkanes of at least 4 members (excludes halogenated alkanes) is 22. The van der Waals surface area contributed by atoms with Gasteiger partial charge in [0.25, 0.3) is 10.1 Å². The van der Waals surface area contributed by atoms with Crippen LogP contribution in [0.1, 0.15) is 194 Å². The molecule has 2 unspecified atom stereocenters. The van der Waals surface area contributed by atoms with Gasteiger partial charge in [-0.1, -0.05) is 178 Å². The minimum atomic E-state index is -4.36. The molecule has 0 saturated heterocycles. The first-order valence-electron chi connectivity index (χ1n) is 20.3. The van der Waals surface area contributed by atoms with E-state index in [4.69, 9.17) is 0 Å². The molecule has 0 fully saturated rings. The van der Waals surface area contributed by atoms with E-state index in [1.54, 1.807) is 0 Å². The molecule has 286 valence electrons. The monoisotopic (exact) mass is 708 g/mol. The molecule has 49 heavy (non-hydrogen) atoms. The quantitative estimate of drug-likeness (QED) is 0.0342. The van der Waals surface area contributed by atoms with Gasteiger partial charge in [-0.2, -0.15) is 8.42 Å². The number of nitrogens with one attached hydrogen (secondary N) is 1. The Hall–Kier alpha value is -1.70. The van der Waals surface area contributed by atoms with E-state index in [2.05, 4.69) is 55.6 Å². The van der Waals surface area contributed by atoms with Crippen molar-refractivity contribution in [1.82, 2.24) is 5.32 Å². The van der Waals surface area contributed by atoms with E-state index < -0.39 is 28.0 Å². The molecule has 0 spiro atoms. The highest BCUT2D eigenvalue weighted by Crippen LogP contribution is 2.14. The van der Waals surface area contributed by atoms with Crippen LogP contribution in [0.15, 0.2) is 48.6 Å². The Balaban J connectivity index is 3.97. The van der Waals surface area contributed by atoms with E-state index in [0.717, 1.165) is 57.8 Å². The first-order chi connectivity index (χ1) is 23.8. The number of aliphatic hydroxyl groups is 1. The van der Waals surface area contributed by atoms with Crippen molar-refractivity contribution in [3.8, 4) is 0 Å². The van der Waals surface area contributed by atoms with Crippen LogP contribution in [0.5, 0.6) is 0 Å². The van der Waals surface area contributed by atoms with Crippen LogP contribution in [0, 0.1) is 0 Å². The van der Waals surface area contributed by atoms with E-state index in [-0.39, 0.29) is 12.3 Å². The van der Waals surface area contributed by atoms with Gasteiger partial charge in [0.15, 0.2) is 0 Å². The summed E-state index contributed by atoms with van der Waals surface area (Å²) in [5.41, 5.74) is 0. The highest BCUT2D eigenvalue weighted by molar-refractivity contribution is 7.85. The third-order valence-corrected chi connectivity index (χ3v) is 9.74. The van der Waals surface area contributed by atoms with Gasteiger partial charge in [-0.25, -0.2) is 0 Å². The number of carbonyl (C=O) groups excluding carboxylic acids is 1. The first-order valence-corrected chi connectivity index (χ1v) is 21.9. The predicted octanol–water partition coefficient (Wildman–Crippen LogP) is 11.9. The van der Waals surface area contributed by atoms with Crippen LogP contribution in [-0.2, 0) is 14.9 Å². The molecule has 0 aliphatic rings. The van der Waals surface area contributed by atoms with E-state index in [9.17, 15) is 22.9 Å². The van der Waals surface area contributed by atoms with Crippen molar-refractivity contribution in [2.24, 2.45) is 0 Å². The molecule has 0 bridgehead atoms. The van der Waals surface area contributed by atoms with Crippen molar-refractivity contribution in [2.45, 2.75) is 206 Å². The zero-order valence-electron chi connectivity index (χ0n) is 31.8. The SMILES string of the molecule is CCC/C=C\C/C=C\CCCCCCCC(=O)NC(CS(=O)(=O)O)C(O)/C=C/CC/C=C/CCCCCCCCCCCCCCCCC. The van der Waals surface area contributed by atoms with Gasteiger partial charge in [-0.15, -0.1) is 0 Å². The average molecular weight is 708 g/mol. The number of rotatable bonds is 36. The Bertz CT molecular complexity index is 956. The minimum Gasteiger partial charge on any atom is -0.387 e. The summed E-state index contributed by atoms with van der Waals surface area (Å²) >= 11 is 0. The molecule has 0 aromatic heterocycles. The van der Waals surface area contributed by atoms with Gasteiger partial charge in [0.2, 0.25) is 5.91 Å². The van der Waals surface area contributed by atoms with Crippen LogP contribution in [0.4, 0.5) is 0 Å². The zero-order valence-corrected chi connectivity index (χ0v) is 32.6. The van der Waals surface area contributed by atoms with Crippen molar-refractivity contribution in [2.75, 3.05) is 5.75 Å². The van der Waals surface area contributed by atoms with Crippen molar-refractivity contribution < 1.29 is 22.9 Å². The zero-order chi connectivity index (χ0) is 36.1. The molecule has 0 rings (SSSR count). The van der Waals surface area contributed by atoms with Crippen molar-refractivity contribution in [1.29, 1.82) is 0 Å². The van der Waals surface area contributed by atoms with Crippen molar-refractivity contribution >= 4 is 16.0 Å². The third-order valence-electron chi connectivity index (χ3n) is 8.96. The summed E-state index contributed by atoms with van der Waals surface area (Å²) in [5.74, 6) is -1.02.